The maximum atomic E-state index is 13.5. The minimum atomic E-state index is -3.59. The molecule has 0 radical (unpaired) electrons. The fraction of sp³-hybridized carbons (Fsp3) is 1.00. The predicted molar refractivity (Wildman–Crippen MR) is 128 cm³/mol. The summed E-state index contributed by atoms with van der Waals surface area (Å²) in [5.74, 6) is 1.04. The summed E-state index contributed by atoms with van der Waals surface area (Å²) in [6.07, 6.45) is 12.3. The molecule has 0 aliphatic heterocycles. The number of unbranched alkanes of at least 4 members (excludes halogenated alkanes) is 3. The van der Waals surface area contributed by atoms with Crippen LogP contribution in [-0.4, -0.2) is 31.7 Å². The van der Waals surface area contributed by atoms with Crippen LogP contribution in [0.5, 0.6) is 0 Å². The first-order valence-electron chi connectivity index (χ1n) is 12.8. The van der Waals surface area contributed by atoms with Gasteiger partial charge in [-0.3, -0.25) is 18.8 Å². The van der Waals surface area contributed by atoms with Crippen LogP contribution in [0.25, 0.3) is 0 Å². The van der Waals surface area contributed by atoms with Crippen LogP contribution in [0, 0.1) is 17.8 Å². The second kappa shape index (κ2) is 20.6. The Morgan fingerprint density at radius 2 is 1.03 bits per heavy atom. The van der Waals surface area contributed by atoms with E-state index in [-0.39, 0.29) is 5.92 Å². The second-order valence-electron chi connectivity index (χ2n) is 8.77. The third kappa shape index (κ3) is 16.3. The fourth-order valence-electron chi connectivity index (χ4n) is 3.50. The highest BCUT2D eigenvalue weighted by atomic mass is 31.2. The van der Waals surface area contributed by atoms with E-state index in [1.165, 1.54) is 0 Å². The quantitative estimate of drug-likeness (QED) is 0.0707. The van der Waals surface area contributed by atoms with Crippen LogP contribution < -0.4 is 0 Å². The third-order valence-electron chi connectivity index (χ3n) is 6.17. The summed E-state index contributed by atoms with van der Waals surface area (Å²) in [5.41, 5.74) is 0. The van der Waals surface area contributed by atoms with E-state index >= 15 is 0 Å². The summed E-state index contributed by atoms with van der Waals surface area (Å²) in [6, 6.07) is 0. The molecule has 0 saturated heterocycles. The largest absolute Gasteiger partial charge is 0.474 e. The lowest BCUT2D eigenvalue weighted by molar-refractivity contribution is -0.242. The molecule has 0 spiro atoms. The Balaban J connectivity index is 4.90. The number of phosphoric acid groups is 1. The van der Waals surface area contributed by atoms with E-state index < -0.39 is 7.82 Å². The van der Waals surface area contributed by atoms with Gasteiger partial charge in [0, 0.05) is 0 Å². The van der Waals surface area contributed by atoms with Crippen molar-refractivity contribution in [3.8, 4) is 0 Å². The first-order chi connectivity index (χ1) is 15.0. The average Bonchev–Trinajstić information content (AvgIpc) is 2.79. The summed E-state index contributed by atoms with van der Waals surface area (Å²) in [7, 11) is -3.59. The molecule has 1 N–H and O–H groups in total. The third-order valence-corrected chi connectivity index (χ3v) is 7.56. The van der Waals surface area contributed by atoms with Gasteiger partial charge in [-0.2, -0.15) is 0 Å². The molecule has 0 rings (SSSR count). The Hall–Kier alpha value is 0.0300. The van der Waals surface area contributed by atoms with Crippen LogP contribution in [0.3, 0.4) is 0 Å². The lowest BCUT2D eigenvalue weighted by Crippen LogP contribution is -2.16. The number of hydrogen-bond donors (Lipinski definition) is 1. The Labute approximate surface area is 192 Å². The van der Waals surface area contributed by atoms with Gasteiger partial charge in [-0.05, 0) is 43.4 Å². The summed E-state index contributed by atoms with van der Waals surface area (Å²) in [4.78, 5) is 4.14. The maximum Gasteiger partial charge on any atom is 0.474 e. The van der Waals surface area contributed by atoms with Gasteiger partial charge in [0.05, 0.1) is 26.4 Å². The molecular weight excluding hydrogens is 415 g/mol. The van der Waals surface area contributed by atoms with Gasteiger partial charge in [0.15, 0.2) is 0 Å². The van der Waals surface area contributed by atoms with Crippen molar-refractivity contribution >= 4 is 7.82 Å². The van der Waals surface area contributed by atoms with Crippen molar-refractivity contribution in [2.24, 2.45) is 17.8 Å². The highest BCUT2D eigenvalue weighted by Gasteiger charge is 2.30. The first-order valence-corrected chi connectivity index (χ1v) is 14.2. The molecule has 3 atom stereocenters. The predicted octanol–water partition coefficient (Wildman–Crippen LogP) is 8.26. The minimum absolute atomic E-state index is 0.281. The molecule has 0 aromatic heterocycles. The molecule has 188 valence electrons. The summed E-state index contributed by atoms with van der Waals surface area (Å²) in [6.45, 7) is 12.3. The van der Waals surface area contributed by atoms with Crippen LogP contribution in [-0.2, 0) is 23.0 Å². The van der Waals surface area contributed by atoms with E-state index in [4.69, 9.17) is 18.8 Å². The molecule has 0 aromatic carbocycles. The van der Waals surface area contributed by atoms with Crippen LogP contribution in [0.1, 0.15) is 112 Å². The van der Waals surface area contributed by atoms with Crippen molar-refractivity contribution in [3.05, 3.63) is 0 Å². The van der Waals surface area contributed by atoms with Gasteiger partial charge in [-0.25, -0.2) is 9.45 Å². The van der Waals surface area contributed by atoms with Crippen molar-refractivity contribution < 1.29 is 28.3 Å². The van der Waals surface area contributed by atoms with Gasteiger partial charge in [0.25, 0.3) is 0 Å². The van der Waals surface area contributed by atoms with Crippen LogP contribution >= 0.6 is 7.82 Å². The van der Waals surface area contributed by atoms with Crippen molar-refractivity contribution in [2.45, 2.75) is 112 Å². The van der Waals surface area contributed by atoms with Crippen molar-refractivity contribution in [3.63, 3.8) is 0 Å². The van der Waals surface area contributed by atoms with Crippen molar-refractivity contribution in [1.82, 2.24) is 0 Å². The lowest BCUT2D eigenvalue weighted by atomic mass is 10.0. The second-order valence-corrected chi connectivity index (χ2v) is 10.4. The number of hydrogen-bond acceptors (Lipinski definition) is 6. The van der Waals surface area contributed by atoms with E-state index in [0.717, 1.165) is 77.0 Å². The Morgan fingerprint density at radius 1 is 0.645 bits per heavy atom. The monoisotopic (exact) mass is 466 g/mol. The van der Waals surface area contributed by atoms with E-state index in [1.807, 2.05) is 0 Å². The van der Waals surface area contributed by atoms with Gasteiger partial charge in [0.2, 0.25) is 0 Å². The Kier molecular flexibility index (Phi) is 20.6. The molecule has 0 bridgehead atoms. The minimum Gasteiger partial charge on any atom is -0.287 e. The van der Waals surface area contributed by atoms with Gasteiger partial charge >= 0.3 is 7.82 Å². The van der Waals surface area contributed by atoms with Crippen LogP contribution in [0.15, 0.2) is 0 Å². The number of rotatable bonds is 23. The molecular formula is C24H51O6P. The van der Waals surface area contributed by atoms with Crippen molar-refractivity contribution in [2.75, 3.05) is 26.4 Å². The standard InChI is InChI=1S/C24H51O6P/c1-6-11-15-22(8-3)19-28-31(26,29-20-23(9-4)16-12-7-2)30-21-24(10-5)17-13-14-18-27-25/h22-25H,6-21H2,1-5H3. The zero-order valence-corrected chi connectivity index (χ0v) is 21.9. The molecule has 0 saturated carbocycles. The van der Waals surface area contributed by atoms with Gasteiger partial charge in [0.1, 0.15) is 0 Å². The molecule has 0 aromatic rings. The Morgan fingerprint density at radius 3 is 1.35 bits per heavy atom. The topological polar surface area (TPSA) is 74.2 Å². The SMILES string of the molecule is CCCCC(CC)COP(=O)(OCC(CC)CCCC)OCC(CC)CCCCOO. The van der Waals surface area contributed by atoms with E-state index in [9.17, 15) is 4.57 Å². The van der Waals surface area contributed by atoms with Crippen molar-refractivity contribution in [1.29, 1.82) is 0 Å². The molecule has 0 fully saturated rings. The summed E-state index contributed by atoms with van der Waals surface area (Å²) < 4.78 is 31.1. The molecule has 0 aliphatic rings. The Bertz CT molecular complexity index is 410. The smallest absolute Gasteiger partial charge is 0.287 e. The normalized spacial score (nSPS) is 16.7. The maximum absolute atomic E-state index is 13.5. The molecule has 0 amide bonds. The highest BCUT2D eigenvalue weighted by Crippen LogP contribution is 2.51. The average molecular weight is 467 g/mol. The molecule has 31 heavy (non-hydrogen) atoms. The highest BCUT2D eigenvalue weighted by molar-refractivity contribution is 7.48. The van der Waals surface area contributed by atoms with E-state index in [2.05, 4.69) is 39.5 Å². The number of phosphoric ester groups is 1. The van der Waals surface area contributed by atoms with Crippen LogP contribution in [0.4, 0.5) is 0 Å². The molecule has 3 unspecified atom stereocenters. The fourth-order valence-corrected chi connectivity index (χ4v) is 4.91. The molecule has 0 heterocycles. The van der Waals surface area contributed by atoms with Crippen LogP contribution in [0.2, 0.25) is 0 Å². The van der Waals surface area contributed by atoms with E-state index in [0.29, 0.717) is 38.3 Å². The molecule has 7 heteroatoms. The van der Waals surface area contributed by atoms with Gasteiger partial charge in [-0.1, -0.05) is 86.0 Å². The molecule has 6 nitrogen and oxygen atoms in total. The summed E-state index contributed by atoms with van der Waals surface area (Å²) in [5, 5.41) is 8.46. The van der Waals surface area contributed by atoms with Gasteiger partial charge < -0.3 is 0 Å². The molecule has 0 aliphatic carbocycles. The lowest BCUT2D eigenvalue weighted by Gasteiger charge is -2.25. The zero-order chi connectivity index (χ0) is 23.4. The zero-order valence-electron chi connectivity index (χ0n) is 21.0. The summed E-state index contributed by atoms with van der Waals surface area (Å²) >= 11 is 0. The van der Waals surface area contributed by atoms with E-state index in [1.54, 1.807) is 0 Å². The van der Waals surface area contributed by atoms with Gasteiger partial charge in [-0.15, -0.1) is 0 Å². The first kappa shape index (κ1) is 31.0.